The number of phenolic OH excluding ortho intramolecular Hbond substituents is 1. The second-order valence-electron chi connectivity index (χ2n) is 5.39. The van der Waals surface area contributed by atoms with Crippen molar-refractivity contribution in [3.63, 3.8) is 0 Å². The van der Waals surface area contributed by atoms with Gasteiger partial charge in [-0.3, -0.25) is 4.90 Å². The average Bonchev–Trinajstić information content (AvgIpc) is 3.21. The number of piperazine rings is 1. The van der Waals surface area contributed by atoms with Crippen LogP contribution in [0, 0.1) is 11.7 Å². The maximum atomic E-state index is 13.7. The Morgan fingerprint density at radius 3 is 2.63 bits per heavy atom. The van der Waals surface area contributed by atoms with Crippen molar-refractivity contribution in [1.82, 2.24) is 10.2 Å². The lowest BCUT2D eigenvalue weighted by Crippen LogP contribution is -2.45. The predicted molar refractivity (Wildman–Crippen MR) is 73.0 cm³/mol. The highest BCUT2D eigenvalue weighted by molar-refractivity contribution is 6.30. The standard InChI is InChI=1S/C14H18ClFN2O/c15-10-7-11(14(19)12(16)8-10)13(9-1-2-9)18-5-3-17-4-6-18/h7-9,13,17,19H,1-6H2/t13-/m1/s1. The van der Waals surface area contributed by atoms with Crippen LogP contribution in [0.25, 0.3) is 0 Å². The van der Waals surface area contributed by atoms with Crippen molar-refractivity contribution < 1.29 is 9.50 Å². The third-order valence-electron chi connectivity index (χ3n) is 3.99. The van der Waals surface area contributed by atoms with Gasteiger partial charge in [0.1, 0.15) is 0 Å². The highest BCUT2D eigenvalue weighted by Crippen LogP contribution is 2.47. The normalized spacial score (nSPS) is 22.4. The Labute approximate surface area is 117 Å². The van der Waals surface area contributed by atoms with E-state index >= 15 is 0 Å². The van der Waals surface area contributed by atoms with Gasteiger partial charge in [0.05, 0.1) is 0 Å². The number of nitrogens with one attached hydrogen (secondary N) is 1. The first-order chi connectivity index (χ1) is 9.16. The molecule has 1 atom stereocenters. The van der Waals surface area contributed by atoms with E-state index in [1.807, 2.05) is 0 Å². The van der Waals surface area contributed by atoms with Crippen LogP contribution in [0.2, 0.25) is 5.02 Å². The van der Waals surface area contributed by atoms with E-state index in [0.717, 1.165) is 39.0 Å². The molecule has 1 aromatic rings. The minimum Gasteiger partial charge on any atom is -0.505 e. The Kier molecular flexibility index (Phi) is 3.65. The van der Waals surface area contributed by atoms with E-state index < -0.39 is 5.82 Å². The van der Waals surface area contributed by atoms with E-state index in [4.69, 9.17) is 11.6 Å². The maximum Gasteiger partial charge on any atom is 0.166 e. The minimum absolute atomic E-state index is 0.0929. The summed E-state index contributed by atoms with van der Waals surface area (Å²) in [4.78, 5) is 2.33. The number of hydrogen-bond acceptors (Lipinski definition) is 3. The van der Waals surface area contributed by atoms with Crippen molar-refractivity contribution in [1.29, 1.82) is 0 Å². The van der Waals surface area contributed by atoms with Gasteiger partial charge in [0.25, 0.3) is 0 Å². The van der Waals surface area contributed by atoms with Crippen LogP contribution >= 0.6 is 11.6 Å². The fraction of sp³-hybridized carbons (Fsp3) is 0.571. The zero-order valence-electron chi connectivity index (χ0n) is 10.7. The molecule has 1 aromatic carbocycles. The lowest BCUT2D eigenvalue weighted by Gasteiger charge is -2.35. The first-order valence-corrected chi connectivity index (χ1v) is 7.17. The topological polar surface area (TPSA) is 35.5 Å². The van der Waals surface area contributed by atoms with Gasteiger partial charge in [-0.15, -0.1) is 0 Å². The molecule has 0 aromatic heterocycles. The molecule has 1 saturated carbocycles. The number of halogens is 2. The Hall–Kier alpha value is -0.840. The molecule has 1 heterocycles. The number of nitrogens with zero attached hydrogens (tertiary/aromatic N) is 1. The molecule has 0 radical (unpaired) electrons. The summed E-state index contributed by atoms with van der Waals surface area (Å²) in [6, 6.07) is 2.97. The van der Waals surface area contributed by atoms with Crippen molar-refractivity contribution in [2.75, 3.05) is 26.2 Å². The fourth-order valence-corrected chi connectivity index (χ4v) is 3.15. The Balaban J connectivity index is 1.95. The molecule has 2 fully saturated rings. The average molecular weight is 285 g/mol. The monoisotopic (exact) mass is 284 g/mol. The summed E-state index contributed by atoms with van der Waals surface area (Å²) in [5.74, 6) is -0.343. The lowest BCUT2D eigenvalue weighted by molar-refractivity contribution is 0.153. The van der Waals surface area contributed by atoms with Crippen molar-refractivity contribution in [3.05, 3.63) is 28.5 Å². The number of hydrogen-bond donors (Lipinski definition) is 2. The first-order valence-electron chi connectivity index (χ1n) is 6.79. The summed E-state index contributed by atoms with van der Waals surface area (Å²) in [6.45, 7) is 3.73. The van der Waals surface area contributed by atoms with Crippen LogP contribution in [-0.2, 0) is 0 Å². The molecule has 0 spiro atoms. The molecular formula is C14H18ClFN2O. The highest BCUT2D eigenvalue weighted by Gasteiger charge is 2.38. The van der Waals surface area contributed by atoms with E-state index in [-0.39, 0.29) is 11.8 Å². The molecule has 3 nitrogen and oxygen atoms in total. The number of benzene rings is 1. The van der Waals surface area contributed by atoms with E-state index in [9.17, 15) is 9.50 Å². The van der Waals surface area contributed by atoms with E-state index in [2.05, 4.69) is 10.2 Å². The van der Waals surface area contributed by atoms with Crippen LogP contribution < -0.4 is 5.32 Å². The zero-order valence-corrected chi connectivity index (χ0v) is 11.5. The lowest BCUT2D eigenvalue weighted by atomic mass is 9.98. The molecule has 5 heteroatoms. The molecule has 104 valence electrons. The van der Waals surface area contributed by atoms with Crippen LogP contribution in [0.1, 0.15) is 24.4 Å². The van der Waals surface area contributed by atoms with Gasteiger partial charge in [0, 0.05) is 42.8 Å². The van der Waals surface area contributed by atoms with Gasteiger partial charge in [-0.25, -0.2) is 4.39 Å². The second-order valence-corrected chi connectivity index (χ2v) is 5.83. The number of phenols is 1. The molecular weight excluding hydrogens is 267 g/mol. The third kappa shape index (κ3) is 2.71. The fourth-order valence-electron chi connectivity index (χ4n) is 2.93. The number of aromatic hydroxyl groups is 1. The highest BCUT2D eigenvalue weighted by atomic mass is 35.5. The molecule has 2 N–H and O–H groups in total. The summed E-state index contributed by atoms with van der Waals surface area (Å²) >= 11 is 5.95. The third-order valence-corrected chi connectivity index (χ3v) is 4.21. The first kappa shape index (κ1) is 13.2. The van der Waals surface area contributed by atoms with E-state index in [1.54, 1.807) is 6.07 Å². The predicted octanol–water partition coefficient (Wildman–Crippen LogP) is 2.54. The van der Waals surface area contributed by atoms with Crippen LogP contribution in [0.15, 0.2) is 12.1 Å². The smallest absolute Gasteiger partial charge is 0.166 e. The molecule has 0 bridgehead atoms. The van der Waals surface area contributed by atoms with Crippen molar-refractivity contribution in [2.24, 2.45) is 5.92 Å². The van der Waals surface area contributed by atoms with E-state index in [1.165, 1.54) is 6.07 Å². The van der Waals surface area contributed by atoms with Gasteiger partial charge in [0.15, 0.2) is 11.6 Å². The molecule has 1 aliphatic heterocycles. The zero-order chi connectivity index (χ0) is 13.4. The van der Waals surface area contributed by atoms with Crippen molar-refractivity contribution in [2.45, 2.75) is 18.9 Å². The molecule has 3 rings (SSSR count). The SMILES string of the molecule is Oc1c(F)cc(Cl)cc1[C@@H](C1CC1)N1CCNCC1. The Bertz CT molecular complexity index is 473. The Morgan fingerprint density at radius 2 is 2.00 bits per heavy atom. The summed E-state index contributed by atoms with van der Waals surface area (Å²) in [7, 11) is 0. The molecule has 0 amide bonds. The van der Waals surface area contributed by atoms with Gasteiger partial charge < -0.3 is 10.4 Å². The van der Waals surface area contributed by atoms with Gasteiger partial charge in [-0.2, -0.15) is 0 Å². The summed E-state index contributed by atoms with van der Waals surface area (Å²) in [5, 5.41) is 13.7. The summed E-state index contributed by atoms with van der Waals surface area (Å²) in [5.41, 5.74) is 0.648. The van der Waals surface area contributed by atoms with Crippen molar-refractivity contribution >= 4 is 11.6 Å². The van der Waals surface area contributed by atoms with Crippen LogP contribution in [0.5, 0.6) is 5.75 Å². The van der Waals surface area contributed by atoms with Crippen LogP contribution in [0.3, 0.4) is 0 Å². The minimum atomic E-state index is -0.622. The van der Waals surface area contributed by atoms with Gasteiger partial charge >= 0.3 is 0 Å². The van der Waals surface area contributed by atoms with E-state index in [0.29, 0.717) is 16.5 Å². The molecule has 1 aliphatic carbocycles. The summed E-state index contributed by atoms with van der Waals surface area (Å²) < 4.78 is 13.7. The largest absolute Gasteiger partial charge is 0.505 e. The summed E-state index contributed by atoms with van der Waals surface area (Å²) in [6.07, 6.45) is 2.28. The molecule has 0 unspecified atom stereocenters. The molecule has 2 aliphatic rings. The van der Waals surface area contributed by atoms with Gasteiger partial charge in [0.2, 0.25) is 0 Å². The van der Waals surface area contributed by atoms with Gasteiger partial charge in [-0.05, 0) is 30.9 Å². The van der Waals surface area contributed by atoms with Crippen LogP contribution in [-0.4, -0.2) is 36.2 Å². The van der Waals surface area contributed by atoms with Crippen molar-refractivity contribution in [3.8, 4) is 5.75 Å². The van der Waals surface area contributed by atoms with Gasteiger partial charge in [-0.1, -0.05) is 11.6 Å². The second kappa shape index (κ2) is 5.27. The maximum absolute atomic E-state index is 13.7. The molecule has 19 heavy (non-hydrogen) atoms. The Morgan fingerprint density at radius 1 is 1.32 bits per heavy atom. The number of rotatable bonds is 3. The quantitative estimate of drug-likeness (QED) is 0.895. The van der Waals surface area contributed by atoms with Crippen LogP contribution in [0.4, 0.5) is 4.39 Å². The molecule has 1 saturated heterocycles.